The predicted octanol–water partition coefficient (Wildman–Crippen LogP) is 3.18. The number of aryl methyl sites for hydroxylation is 2. The van der Waals surface area contributed by atoms with E-state index in [-0.39, 0.29) is 17.3 Å². The standard InChI is InChI=1S/C25H33N3O4S/c1-3-20-5-7-21(8-6-20)17-27(23-10-11-23)18-25(29)26-22-9-4-19(2)24(16-22)33(30,31)28-12-14-32-15-13-28/h4-9,16,23H,3,10-15,17-18H2,1-2H3,(H,26,29). The molecular weight excluding hydrogens is 438 g/mol. The van der Waals surface area contributed by atoms with Crippen molar-refractivity contribution in [2.75, 3.05) is 38.2 Å². The van der Waals surface area contributed by atoms with Crippen molar-refractivity contribution < 1.29 is 17.9 Å². The molecule has 1 aliphatic heterocycles. The molecule has 1 heterocycles. The molecule has 0 spiro atoms. The summed E-state index contributed by atoms with van der Waals surface area (Å²) in [6.45, 7) is 6.39. The minimum atomic E-state index is -3.63. The fraction of sp³-hybridized carbons (Fsp3) is 0.480. The van der Waals surface area contributed by atoms with Crippen LogP contribution in [-0.4, -0.2) is 62.4 Å². The van der Waals surface area contributed by atoms with Crippen molar-refractivity contribution in [3.63, 3.8) is 0 Å². The molecule has 33 heavy (non-hydrogen) atoms. The zero-order chi connectivity index (χ0) is 23.4. The first-order valence-electron chi connectivity index (χ1n) is 11.7. The van der Waals surface area contributed by atoms with Gasteiger partial charge in [0.15, 0.2) is 0 Å². The van der Waals surface area contributed by atoms with Crippen molar-refractivity contribution in [3.8, 4) is 0 Å². The fourth-order valence-corrected chi connectivity index (χ4v) is 5.79. The minimum Gasteiger partial charge on any atom is -0.379 e. The van der Waals surface area contributed by atoms with Gasteiger partial charge >= 0.3 is 0 Å². The van der Waals surface area contributed by atoms with E-state index in [9.17, 15) is 13.2 Å². The van der Waals surface area contributed by atoms with E-state index in [1.165, 1.54) is 15.4 Å². The Morgan fingerprint density at radius 3 is 2.39 bits per heavy atom. The van der Waals surface area contributed by atoms with Crippen LogP contribution in [0, 0.1) is 6.92 Å². The molecule has 2 aliphatic rings. The molecule has 1 amide bonds. The van der Waals surface area contributed by atoms with E-state index in [1.54, 1.807) is 25.1 Å². The Hall–Kier alpha value is -2.26. The van der Waals surface area contributed by atoms with Gasteiger partial charge in [0.1, 0.15) is 0 Å². The monoisotopic (exact) mass is 471 g/mol. The molecule has 2 aromatic rings. The Balaban J connectivity index is 1.43. The van der Waals surface area contributed by atoms with Crippen molar-refractivity contribution >= 4 is 21.6 Å². The Labute approximate surface area is 196 Å². The lowest BCUT2D eigenvalue weighted by atomic mass is 10.1. The Bertz CT molecular complexity index is 1080. The van der Waals surface area contributed by atoms with Crippen LogP contribution in [-0.2, 0) is 32.5 Å². The van der Waals surface area contributed by atoms with Crippen molar-refractivity contribution in [3.05, 3.63) is 59.2 Å². The van der Waals surface area contributed by atoms with E-state index >= 15 is 0 Å². The average Bonchev–Trinajstić information content (AvgIpc) is 3.66. The first kappa shape index (κ1) is 23.9. The second-order valence-corrected chi connectivity index (χ2v) is 10.8. The number of nitrogens with one attached hydrogen (secondary N) is 1. The highest BCUT2D eigenvalue weighted by Gasteiger charge is 2.31. The number of sulfonamides is 1. The summed E-state index contributed by atoms with van der Waals surface area (Å²) in [6.07, 6.45) is 3.22. The van der Waals surface area contributed by atoms with E-state index in [0.717, 1.165) is 25.8 Å². The molecule has 1 N–H and O–H groups in total. The number of amides is 1. The molecule has 1 saturated heterocycles. The summed E-state index contributed by atoms with van der Waals surface area (Å²) in [7, 11) is -3.63. The number of rotatable bonds is 9. The Morgan fingerprint density at radius 2 is 1.76 bits per heavy atom. The van der Waals surface area contributed by atoms with Crippen LogP contribution >= 0.6 is 0 Å². The number of hydrogen-bond donors (Lipinski definition) is 1. The smallest absolute Gasteiger partial charge is 0.243 e. The summed E-state index contributed by atoms with van der Waals surface area (Å²) < 4.78 is 33.0. The maximum Gasteiger partial charge on any atom is 0.243 e. The Morgan fingerprint density at radius 1 is 1.09 bits per heavy atom. The summed E-state index contributed by atoms with van der Waals surface area (Å²) in [5.74, 6) is -0.134. The zero-order valence-corrected chi connectivity index (χ0v) is 20.2. The second-order valence-electron chi connectivity index (χ2n) is 8.85. The van der Waals surface area contributed by atoms with E-state index in [0.29, 0.717) is 43.6 Å². The molecule has 0 radical (unpaired) electrons. The number of hydrogen-bond acceptors (Lipinski definition) is 5. The lowest BCUT2D eigenvalue weighted by Crippen LogP contribution is -2.40. The molecule has 4 rings (SSSR count). The Kier molecular flexibility index (Phi) is 7.48. The molecule has 2 fully saturated rings. The third kappa shape index (κ3) is 6.00. The third-order valence-electron chi connectivity index (χ3n) is 6.29. The molecule has 1 aliphatic carbocycles. The van der Waals surface area contributed by atoms with Crippen LogP contribution in [0.2, 0.25) is 0 Å². The van der Waals surface area contributed by atoms with E-state index < -0.39 is 10.0 Å². The lowest BCUT2D eigenvalue weighted by Gasteiger charge is -2.27. The second kappa shape index (κ2) is 10.3. The van der Waals surface area contributed by atoms with Gasteiger partial charge in [-0.15, -0.1) is 0 Å². The molecular formula is C25H33N3O4S. The number of nitrogens with zero attached hydrogens (tertiary/aromatic N) is 2. The minimum absolute atomic E-state index is 0.134. The maximum atomic E-state index is 13.1. The van der Waals surface area contributed by atoms with Crippen molar-refractivity contribution in [1.29, 1.82) is 0 Å². The topological polar surface area (TPSA) is 79.0 Å². The van der Waals surface area contributed by atoms with Gasteiger partial charge in [-0.1, -0.05) is 37.3 Å². The van der Waals surface area contributed by atoms with Crippen LogP contribution in [0.25, 0.3) is 0 Å². The number of morpholine rings is 1. The van der Waals surface area contributed by atoms with Crippen molar-refractivity contribution in [2.24, 2.45) is 0 Å². The highest BCUT2D eigenvalue weighted by atomic mass is 32.2. The first-order chi connectivity index (χ1) is 15.9. The fourth-order valence-electron chi connectivity index (χ4n) is 4.14. The van der Waals surface area contributed by atoms with Gasteiger partial charge in [-0.2, -0.15) is 4.31 Å². The van der Waals surface area contributed by atoms with Gasteiger partial charge in [0.2, 0.25) is 15.9 Å². The van der Waals surface area contributed by atoms with Gasteiger partial charge < -0.3 is 10.1 Å². The number of ether oxygens (including phenoxy) is 1. The summed E-state index contributed by atoms with van der Waals surface area (Å²) in [5, 5.41) is 2.91. The summed E-state index contributed by atoms with van der Waals surface area (Å²) in [4.78, 5) is 15.3. The SMILES string of the molecule is CCc1ccc(CN(CC(=O)Nc2ccc(C)c(S(=O)(=O)N3CCOCC3)c2)C2CC2)cc1. The van der Waals surface area contributed by atoms with Gasteiger partial charge in [-0.25, -0.2) is 8.42 Å². The van der Waals surface area contributed by atoms with Gasteiger partial charge in [-0.3, -0.25) is 9.69 Å². The first-order valence-corrected chi connectivity index (χ1v) is 13.1. The van der Waals surface area contributed by atoms with Crippen LogP contribution in [0.4, 0.5) is 5.69 Å². The van der Waals surface area contributed by atoms with E-state index in [1.807, 2.05) is 0 Å². The van der Waals surface area contributed by atoms with Crippen LogP contribution in [0.1, 0.15) is 36.5 Å². The molecule has 1 saturated carbocycles. The molecule has 0 atom stereocenters. The summed E-state index contributed by atoms with van der Waals surface area (Å²) in [5.41, 5.74) is 3.66. The average molecular weight is 472 g/mol. The summed E-state index contributed by atoms with van der Waals surface area (Å²) >= 11 is 0. The molecule has 7 nitrogen and oxygen atoms in total. The quantitative estimate of drug-likeness (QED) is 0.608. The van der Waals surface area contributed by atoms with Gasteiger partial charge in [0.25, 0.3) is 0 Å². The molecule has 0 unspecified atom stereocenters. The number of carbonyl (C=O) groups excluding carboxylic acids is 1. The van der Waals surface area contributed by atoms with Gasteiger partial charge in [0, 0.05) is 31.4 Å². The van der Waals surface area contributed by atoms with Crippen LogP contribution in [0.15, 0.2) is 47.4 Å². The lowest BCUT2D eigenvalue weighted by molar-refractivity contribution is -0.117. The third-order valence-corrected chi connectivity index (χ3v) is 8.33. The van der Waals surface area contributed by atoms with E-state index in [4.69, 9.17) is 4.74 Å². The number of anilines is 1. The van der Waals surface area contributed by atoms with Crippen LogP contribution in [0.3, 0.4) is 0 Å². The highest BCUT2D eigenvalue weighted by molar-refractivity contribution is 7.89. The normalized spacial score (nSPS) is 17.3. The zero-order valence-electron chi connectivity index (χ0n) is 19.4. The molecule has 2 aromatic carbocycles. The largest absolute Gasteiger partial charge is 0.379 e. The summed E-state index contributed by atoms with van der Waals surface area (Å²) in [6, 6.07) is 14.1. The van der Waals surface area contributed by atoms with E-state index in [2.05, 4.69) is 41.4 Å². The molecule has 8 heteroatoms. The van der Waals surface area contributed by atoms with Crippen LogP contribution < -0.4 is 5.32 Å². The highest BCUT2D eigenvalue weighted by Crippen LogP contribution is 2.29. The molecule has 178 valence electrons. The van der Waals surface area contributed by atoms with Gasteiger partial charge in [-0.05, 0) is 55.0 Å². The number of benzene rings is 2. The molecule has 0 bridgehead atoms. The van der Waals surface area contributed by atoms with Crippen LogP contribution in [0.5, 0.6) is 0 Å². The number of carbonyl (C=O) groups is 1. The molecule has 0 aromatic heterocycles. The predicted molar refractivity (Wildman–Crippen MR) is 129 cm³/mol. The van der Waals surface area contributed by atoms with Crippen molar-refractivity contribution in [1.82, 2.24) is 9.21 Å². The maximum absolute atomic E-state index is 13.1. The van der Waals surface area contributed by atoms with Crippen molar-refractivity contribution in [2.45, 2.75) is 50.6 Å². The van der Waals surface area contributed by atoms with Gasteiger partial charge in [0.05, 0.1) is 24.7 Å².